The normalized spacial score (nSPS) is 14.8. The number of amides is 1. The summed E-state index contributed by atoms with van der Waals surface area (Å²) in [5.74, 6) is 1.05. The van der Waals surface area contributed by atoms with Gasteiger partial charge in [0.05, 0.1) is 13.2 Å². The van der Waals surface area contributed by atoms with Gasteiger partial charge in [-0.15, -0.1) is 0 Å². The van der Waals surface area contributed by atoms with Gasteiger partial charge in [0.1, 0.15) is 18.2 Å². The Morgan fingerprint density at radius 3 is 2.63 bits per heavy atom. The van der Waals surface area contributed by atoms with Gasteiger partial charge in [-0.2, -0.15) is 0 Å². The summed E-state index contributed by atoms with van der Waals surface area (Å²) in [5.41, 5.74) is 5.02. The third-order valence-electron chi connectivity index (χ3n) is 6.79. The maximum Gasteiger partial charge on any atom is 0.251 e. The molecule has 1 heterocycles. The minimum atomic E-state index is -0.259. The zero-order valence-corrected chi connectivity index (χ0v) is 22.5. The van der Waals surface area contributed by atoms with Crippen LogP contribution >= 0.6 is 0 Å². The molecule has 0 atom stereocenters. The van der Waals surface area contributed by atoms with E-state index in [4.69, 9.17) is 9.47 Å². The number of fused-ring (bicyclic) bond motifs is 3. The number of halogens is 1. The molecular weight excluding hydrogens is 479 g/mol. The zero-order valence-electron chi connectivity index (χ0n) is 22.5. The second-order valence-electron chi connectivity index (χ2n) is 10.4. The van der Waals surface area contributed by atoms with Crippen molar-refractivity contribution in [1.29, 1.82) is 0 Å². The Balaban J connectivity index is 1.47. The molecule has 0 spiro atoms. The lowest BCUT2D eigenvalue weighted by Gasteiger charge is -2.24. The summed E-state index contributed by atoms with van der Waals surface area (Å²) in [6, 6.07) is 20.7. The van der Waals surface area contributed by atoms with Crippen LogP contribution < -0.4 is 10.1 Å². The Labute approximate surface area is 226 Å². The van der Waals surface area contributed by atoms with E-state index in [0.29, 0.717) is 50.7 Å². The molecule has 5 nitrogen and oxygen atoms in total. The van der Waals surface area contributed by atoms with Gasteiger partial charge in [0, 0.05) is 31.6 Å². The predicted molar refractivity (Wildman–Crippen MR) is 149 cm³/mol. The van der Waals surface area contributed by atoms with Crippen LogP contribution in [0.2, 0.25) is 0 Å². The van der Waals surface area contributed by atoms with Gasteiger partial charge in [-0.1, -0.05) is 50.2 Å². The zero-order chi connectivity index (χ0) is 26.7. The minimum Gasteiger partial charge on any atom is -0.491 e. The third-order valence-corrected chi connectivity index (χ3v) is 6.79. The molecule has 3 aromatic rings. The highest BCUT2D eigenvalue weighted by Crippen LogP contribution is 2.25. The number of rotatable bonds is 7. The lowest BCUT2D eigenvalue weighted by atomic mass is 9.99. The van der Waals surface area contributed by atoms with Gasteiger partial charge in [-0.25, -0.2) is 4.39 Å². The number of hydrogen-bond donors (Lipinski definition) is 1. The quantitative estimate of drug-likeness (QED) is 0.440. The van der Waals surface area contributed by atoms with Crippen molar-refractivity contribution in [3.05, 3.63) is 100 Å². The fourth-order valence-corrected chi connectivity index (χ4v) is 4.61. The predicted octanol–water partition coefficient (Wildman–Crippen LogP) is 5.65. The fraction of sp³-hybridized carbons (Fsp3) is 0.406. The molecule has 202 valence electrons. The molecule has 3 aromatic carbocycles. The maximum atomic E-state index is 13.1. The lowest BCUT2D eigenvalue weighted by Crippen LogP contribution is -2.29. The molecule has 1 N–H and O–H groups in total. The van der Waals surface area contributed by atoms with Crippen molar-refractivity contribution in [1.82, 2.24) is 10.2 Å². The molecule has 0 saturated heterocycles. The molecule has 38 heavy (non-hydrogen) atoms. The van der Waals surface area contributed by atoms with Crippen LogP contribution in [0.3, 0.4) is 0 Å². The molecule has 1 amide bonds. The van der Waals surface area contributed by atoms with Crippen LogP contribution in [0.25, 0.3) is 0 Å². The van der Waals surface area contributed by atoms with E-state index in [2.05, 4.69) is 48.3 Å². The van der Waals surface area contributed by atoms with Crippen LogP contribution in [0.15, 0.2) is 66.7 Å². The molecule has 0 aromatic heterocycles. The number of hydrogen-bond acceptors (Lipinski definition) is 4. The van der Waals surface area contributed by atoms with E-state index >= 15 is 0 Å². The summed E-state index contributed by atoms with van der Waals surface area (Å²) in [5, 5.41) is 2.98. The smallest absolute Gasteiger partial charge is 0.251 e. The first-order chi connectivity index (χ1) is 18.5. The van der Waals surface area contributed by atoms with Crippen LogP contribution in [0.1, 0.15) is 52.9 Å². The van der Waals surface area contributed by atoms with Gasteiger partial charge in [-0.3, -0.25) is 9.69 Å². The summed E-state index contributed by atoms with van der Waals surface area (Å²) < 4.78 is 25.1. The van der Waals surface area contributed by atoms with Crippen LogP contribution in [-0.4, -0.2) is 50.3 Å². The largest absolute Gasteiger partial charge is 0.491 e. The lowest BCUT2D eigenvalue weighted by molar-refractivity contribution is 0.0764. The van der Waals surface area contributed by atoms with Crippen LogP contribution in [0.4, 0.5) is 4.39 Å². The summed E-state index contributed by atoms with van der Waals surface area (Å²) in [6.07, 6.45) is 2.47. The van der Waals surface area contributed by atoms with Gasteiger partial charge in [0.15, 0.2) is 0 Å². The van der Waals surface area contributed by atoms with Crippen molar-refractivity contribution in [3.8, 4) is 5.75 Å². The molecule has 1 aliphatic heterocycles. The molecule has 6 heteroatoms. The Hall–Kier alpha value is -3.22. The number of benzene rings is 3. The Morgan fingerprint density at radius 2 is 1.82 bits per heavy atom. The molecule has 0 aliphatic carbocycles. The molecule has 2 bridgehead atoms. The summed E-state index contributed by atoms with van der Waals surface area (Å²) in [7, 11) is 0. The first-order valence-corrected chi connectivity index (χ1v) is 13.6. The standard InChI is InChI=1S/C32H39FN2O3/c1-24(2)13-15-35-16-17-37-18-19-38-31-11-8-28(22-29(31)21-26-4-3-5-27(20-26)23-35)32(36)34-14-12-25-6-9-30(33)10-7-25/h3-11,20,22,24H,12-19,21,23H2,1-2H3,(H,34,36). The van der Waals surface area contributed by atoms with Crippen molar-refractivity contribution >= 4 is 5.91 Å². The highest BCUT2D eigenvalue weighted by atomic mass is 19.1. The molecule has 4 rings (SSSR count). The van der Waals surface area contributed by atoms with Crippen molar-refractivity contribution < 1.29 is 18.7 Å². The van der Waals surface area contributed by atoms with Gasteiger partial charge in [0.2, 0.25) is 0 Å². The van der Waals surface area contributed by atoms with Crippen molar-refractivity contribution in [3.63, 3.8) is 0 Å². The van der Waals surface area contributed by atoms with Gasteiger partial charge in [-0.05, 0) is 77.9 Å². The van der Waals surface area contributed by atoms with Crippen LogP contribution in [0, 0.1) is 11.7 Å². The summed E-state index contributed by atoms with van der Waals surface area (Å²) in [6.45, 7) is 9.49. The maximum absolute atomic E-state index is 13.1. The third kappa shape index (κ3) is 8.67. The average Bonchev–Trinajstić information content (AvgIpc) is 2.90. The van der Waals surface area contributed by atoms with Crippen molar-refractivity contribution in [2.24, 2.45) is 5.92 Å². The molecule has 0 saturated carbocycles. The Morgan fingerprint density at radius 1 is 1.00 bits per heavy atom. The van der Waals surface area contributed by atoms with E-state index in [9.17, 15) is 9.18 Å². The van der Waals surface area contributed by atoms with Crippen molar-refractivity contribution in [2.45, 2.75) is 39.7 Å². The summed E-state index contributed by atoms with van der Waals surface area (Å²) in [4.78, 5) is 15.4. The number of nitrogens with zero attached hydrogens (tertiary/aromatic N) is 1. The van der Waals surface area contributed by atoms with E-state index in [-0.39, 0.29) is 11.7 Å². The minimum absolute atomic E-state index is 0.132. The first-order valence-electron chi connectivity index (χ1n) is 13.6. The number of carbonyl (C=O) groups is 1. The Kier molecular flexibility index (Phi) is 10.3. The topological polar surface area (TPSA) is 50.8 Å². The highest BCUT2D eigenvalue weighted by molar-refractivity contribution is 5.94. The van der Waals surface area contributed by atoms with Crippen molar-refractivity contribution in [2.75, 3.05) is 39.5 Å². The molecule has 0 radical (unpaired) electrons. The summed E-state index contributed by atoms with van der Waals surface area (Å²) >= 11 is 0. The van der Waals surface area contributed by atoms with Gasteiger partial charge >= 0.3 is 0 Å². The molecule has 1 aliphatic rings. The van der Waals surface area contributed by atoms with Gasteiger partial charge < -0.3 is 14.8 Å². The molecule has 0 unspecified atom stereocenters. The van der Waals surface area contributed by atoms with E-state index in [1.807, 2.05) is 12.1 Å². The van der Waals surface area contributed by atoms with Crippen LogP contribution in [0.5, 0.6) is 5.75 Å². The number of nitrogens with one attached hydrogen (secondary N) is 1. The van der Waals surface area contributed by atoms with Gasteiger partial charge in [0.25, 0.3) is 5.91 Å². The van der Waals surface area contributed by atoms with Crippen LogP contribution in [-0.2, 0) is 24.1 Å². The SMILES string of the molecule is CC(C)CCN1CCOCCOc2ccc(C(=O)NCCc3ccc(F)cc3)cc2Cc2cccc(c2)C1. The monoisotopic (exact) mass is 518 g/mol. The van der Waals surface area contributed by atoms with E-state index < -0.39 is 0 Å². The number of carbonyl (C=O) groups excluding carboxylic acids is 1. The van der Waals surface area contributed by atoms with E-state index in [1.54, 1.807) is 18.2 Å². The Bertz CT molecular complexity index is 1180. The average molecular weight is 519 g/mol. The second-order valence-corrected chi connectivity index (χ2v) is 10.4. The number of ether oxygens (including phenoxy) is 2. The highest BCUT2D eigenvalue weighted by Gasteiger charge is 2.14. The fourth-order valence-electron chi connectivity index (χ4n) is 4.61. The molecular formula is C32H39FN2O3. The first kappa shape index (κ1) is 27.8. The molecule has 0 fully saturated rings. The van der Waals surface area contributed by atoms with E-state index in [1.165, 1.54) is 23.3 Å². The van der Waals surface area contributed by atoms with E-state index in [0.717, 1.165) is 42.9 Å². The second kappa shape index (κ2) is 14.1.